The van der Waals surface area contributed by atoms with Crippen LogP contribution in [0.4, 0.5) is 0 Å². The Balaban J connectivity index is 1.96. The first kappa shape index (κ1) is 13.9. The summed E-state index contributed by atoms with van der Waals surface area (Å²) >= 11 is 9.61. The van der Waals surface area contributed by atoms with Gasteiger partial charge in [-0.05, 0) is 37.3 Å². The monoisotopic (exact) mass is 329 g/mol. The largest absolute Gasteiger partial charge is 0.342 e. The van der Waals surface area contributed by atoms with Crippen LogP contribution in [-0.2, 0) is 11.2 Å². The first-order valence-corrected chi connectivity index (χ1v) is 7.64. The molecule has 1 unspecified atom stereocenters. The fourth-order valence-electron chi connectivity index (χ4n) is 2.26. The van der Waals surface area contributed by atoms with E-state index in [-0.39, 0.29) is 10.7 Å². The van der Waals surface area contributed by atoms with Crippen LogP contribution in [0.1, 0.15) is 24.8 Å². The molecule has 0 bridgehead atoms. The van der Waals surface area contributed by atoms with Gasteiger partial charge in [0.25, 0.3) is 0 Å². The van der Waals surface area contributed by atoms with Gasteiger partial charge >= 0.3 is 0 Å². The van der Waals surface area contributed by atoms with Gasteiger partial charge in [0.2, 0.25) is 5.91 Å². The molecule has 1 amide bonds. The molecule has 0 aliphatic carbocycles. The molecule has 4 heteroatoms. The van der Waals surface area contributed by atoms with E-state index < -0.39 is 0 Å². The Kier molecular flexibility index (Phi) is 5.07. The van der Waals surface area contributed by atoms with Crippen LogP contribution in [0, 0.1) is 0 Å². The van der Waals surface area contributed by atoms with Gasteiger partial charge in [-0.3, -0.25) is 4.79 Å². The Hall–Kier alpha value is -0.540. The van der Waals surface area contributed by atoms with Crippen molar-refractivity contribution in [2.24, 2.45) is 0 Å². The molecular weight excluding hydrogens is 314 g/mol. The van der Waals surface area contributed by atoms with Crippen LogP contribution in [0.15, 0.2) is 24.3 Å². The summed E-state index contributed by atoms with van der Waals surface area (Å²) in [5, 5.41) is 0.730. The predicted molar refractivity (Wildman–Crippen MR) is 78.3 cm³/mol. The minimum atomic E-state index is -0.171. The van der Waals surface area contributed by atoms with Crippen LogP contribution < -0.4 is 0 Å². The van der Waals surface area contributed by atoms with Crippen LogP contribution in [0.3, 0.4) is 0 Å². The summed E-state index contributed by atoms with van der Waals surface area (Å²) in [6, 6.07) is 7.69. The molecule has 1 aliphatic rings. The second-order valence-electron chi connectivity index (χ2n) is 4.65. The highest BCUT2D eigenvalue weighted by Gasteiger charge is 2.23. The van der Waals surface area contributed by atoms with Crippen molar-refractivity contribution in [3.05, 3.63) is 34.9 Å². The third-order valence-corrected chi connectivity index (χ3v) is 4.38. The molecule has 98 valence electrons. The molecule has 0 saturated carbocycles. The summed E-state index contributed by atoms with van der Waals surface area (Å²) in [7, 11) is 0. The smallest absolute Gasteiger partial charge is 0.236 e. The molecule has 2 nitrogen and oxygen atoms in total. The van der Waals surface area contributed by atoms with E-state index in [1.54, 1.807) is 0 Å². The highest BCUT2D eigenvalue weighted by molar-refractivity contribution is 9.10. The van der Waals surface area contributed by atoms with Gasteiger partial charge in [0.05, 0.1) is 4.83 Å². The number of benzene rings is 1. The Morgan fingerprint density at radius 3 is 2.61 bits per heavy atom. The summed E-state index contributed by atoms with van der Waals surface area (Å²) < 4.78 is 0. The zero-order chi connectivity index (χ0) is 13.0. The maximum absolute atomic E-state index is 12.2. The third kappa shape index (κ3) is 3.48. The lowest BCUT2D eigenvalue weighted by Crippen LogP contribution is -2.40. The highest BCUT2D eigenvalue weighted by Crippen LogP contribution is 2.21. The highest BCUT2D eigenvalue weighted by atomic mass is 79.9. The van der Waals surface area contributed by atoms with Gasteiger partial charge in [-0.25, -0.2) is 0 Å². The zero-order valence-corrected chi connectivity index (χ0v) is 12.6. The molecule has 1 aliphatic heterocycles. The number of nitrogens with zero attached hydrogens (tertiary/aromatic N) is 1. The first-order chi connectivity index (χ1) is 8.68. The van der Waals surface area contributed by atoms with Crippen molar-refractivity contribution in [1.82, 2.24) is 4.90 Å². The normalized spacial score (nSPS) is 17.6. The third-order valence-electron chi connectivity index (χ3n) is 3.29. The van der Waals surface area contributed by atoms with E-state index in [2.05, 4.69) is 15.9 Å². The minimum Gasteiger partial charge on any atom is -0.342 e. The summed E-state index contributed by atoms with van der Waals surface area (Å²) in [5.41, 5.74) is 1.02. The molecular formula is C14H17BrClNO. The van der Waals surface area contributed by atoms with Gasteiger partial charge in [-0.1, -0.05) is 45.7 Å². The van der Waals surface area contributed by atoms with Crippen molar-refractivity contribution < 1.29 is 4.79 Å². The summed E-state index contributed by atoms with van der Waals surface area (Å²) in [4.78, 5) is 14.0. The van der Waals surface area contributed by atoms with Crippen LogP contribution in [-0.4, -0.2) is 28.7 Å². The average molecular weight is 331 g/mol. The molecule has 18 heavy (non-hydrogen) atoms. The van der Waals surface area contributed by atoms with E-state index >= 15 is 0 Å². The predicted octanol–water partition coefficient (Wildman–Crippen LogP) is 3.66. The topological polar surface area (TPSA) is 20.3 Å². The van der Waals surface area contributed by atoms with E-state index in [1.807, 2.05) is 29.2 Å². The van der Waals surface area contributed by atoms with Crippen molar-refractivity contribution in [1.29, 1.82) is 0 Å². The lowest BCUT2D eigenvalue weighted by Gasteiger charge is -2.28. The molecule has 0 N–H and O–H groups in total. The second kappa shape index (κ2) is 6.58. The Bertz CT molecular complexity index is 418. The standard InChI is InChI=1S/C14H17BrClNO/c15-12(10-11-6-2-3-7-13(11)16)14(18)17-8-4-1-5-9-17/h2-3,6-7,12H,1,4-5,8-10H2. The van der Waals surface area contributed by atoms with E-state index in [4.69, 9.17) is 11.6 Å². The molecule has 0 spiro atoms. The average Bonchev–Trinajstić information content (AvgIpc) is 2.41. The molecule has 1 atom stereocenters. The number of piperidine rings is 1. The minimum absolute atomic E-state index is 0.171. The molecule has 1 fully saturated rings. The van der Waals surface area contributed by atoms with Gasteiger partial charge < -0.3 is 4.90 Å². The molecule has 1 aromatic carbocycles. The quantitative estimate of drug-likeness (QED) is 0.775. The lowest BCUT2D eigenvalue weighted by atomic mass is 10.1. The second-order valence-corrected chi connectivity index (χ2v) is 6.16. The van der Waals surface area contributed by atoms with Crippen molar-refractivity contribution in [2.75, 3.05) is 13.1 Å². The SMILES string of the molecule is O=C(C(Br)Cc1ccccc1Cl)N1CCCCC1. The van der Waals surface area contributed by atoms with Gasteiger partial charge in [0.1, 0.15) is 0 Å². The van der Waals surface area contributed by atoms with Crippen LogP contribution in [0.25, 0.3) is 0 Å². The van der Waals surface area contributed by atoms with Gasteiger partial charge in [0, 0.05) is 18.1 Å². The molecule has 2 rings (SSSR count). The van der Waals surface area contributed by atoms with E-state index in [0.717, 1.165) is 36.5 Å². The Morgan fingerprint density at radius 2 is 1.94 bits per heavy atom. The summed E-state index contributed by atoms with van der Waals surface area (Å²) in [6.07, 6.45) is 4.13. The van der Waals surface area contributed by atoms with Crippen LogP contribution in [0.5, 0.6) is 0 Å². The van der Waals surface area contributed by atoms with Crippen molar-refractivity contribution >= 4 is 33.4 Å². The molecule has 0 radical (unpaired) electrons. The number of carbonyl (C=O) groups is 1. The van der Waals surface area contributed by atoms with Gasteiger partial charge in [-0.15, -0.1) is 0 Å². The maximum Gasteiger partial charge on any atom is 0.236 e. The van der Waals surface area contributed by atoms with Crippen LogP contribution >= 0.6 is 27.5 Å². The Labute approximate surface area is 121 Å². The fourth-order valence-corrected chi connectivity index (χ4v) is 3.11. The molecule has 0 aromatic heterocycles. The summed E-state index contributed by atoms with van der Waals surface area (Å²) in [5.74, 6) is 0.189. The molecule has 1 aromatic rings. The fraction of sp³-hybridized carbons (Fsp3) is 0.500. The zero-order valence-electron chi connectivity index (χ0n) is 10.2. The molecule has 1 saturated heterocycles. The van der Waals surface area contributed by atoms with Crippen molar-refractivity contribution in [2.45, 2.75) is 30.5 Å². The van der Waals surface area contributed by atoms with Gasteiger partial charge in [0.15, 0.2) is 0 Å². The van der Waals surface area contributed by atoms with E-state index in [9.17, 15) is 4.79 Å². The van der Waals surface area contributed by atoms with E-state index in [1.165, 1.54) is 6.42 Å². The number of hydrogen-bond donors (Lipinski definition) is 0. The number of likely N-dealkylation sites (tertiary alicyclic amines) is 1. The van der Waals surface area contributed by atoms with Gasteiger partial charge in [-0.2, -0.15) is 0 Å². The first-order valence-electron chi connectivity index (χ1n) is 6.35. The number of alkyl halides is 1. The number of halogens is 2. The number of amides is 1. The summed E-state index contributed by atoms with van der Waals surface area (Å²) in [6.45, 7) is 1.78. The van der Waals surface area contributed by atoms with Crippen molar-refractivity contribution in [3.8, 4) is 0 Å². The molecule has 1 heterocycles. The number of carbonyl (C=O) groups excluding carboxylic acids is 1. The number of hydrogen-bond acceptors (Lipinski definition) is 1. The van der Waals surface area contributed by atoms with E-state index in [0.29, 0.717) is 6.42 Å². The lowest BCUT2D eigenvalue weighted by molar-refractivity contribution is -0.131. The van der Waals surface area contributed by atoms with Crippen molar-refractivity contribution in [3.63, 3.8) is 0 Å². The number of rotatable bonds is 3. The Morgan fingerprint density at radius 1 is 1.28 bits per heavy atom. The maximum atomic E-state index is 12.2. The van der Waals surface area contributed by atoms with Crippen LogP contribution in [0.2, 0.25) is 5.02 Å².